The first-order valence-electron chi connectivity index (χ1n) is 7.66. The third-order valence-electron chi connectivity index (χ3n) is 3.59. The predicted octanol–water partition coefficient (Wildman–Crippen LogP) is 3.43. The maximum absolute atomic E-state index is 12.3. The molecule has 0 saturated carbocycles. The molecule has 0 radical (unpaired) electrons. The minimum Gasteiger partial charge on any atom is -0.461 e. The molecule has 3 heterocycles. The number of rotatable bonds is 5. The van der Waals surface area contributed by atoms with Gasteiger partial charge in [0.05, 0.1) is 24.7 Å². The first-order chi connectivity index (χ1) is 12.3. The Morgan fingerprint density at radius 1 is 1.12 bits per heavy atom. The van der Waals surface area contributed by atoms with Gasteiger partial charge in [0.15, 0.2) is 11.5 Å². The van der Waals surface area contributed by atoms with E-state index in [1.165, 1.54) is 12.3 Å². The zero-order valence-corrected chi connectivity index (χ0v) is 13.1. The molecule has 4 aromatic rings. The fourth-order valence-electron chi connectivity index (χ4n) is 2.40. The van der Waals surface area contributed by atoms with Crippen molar-refractivity contribution < 1.29 is 13.7 Å². The lowest BCUT2D eigenvalue weighted by molar-refractivity contribution is 0.101. The summed E-state index contributed by atoms with van der Waals surface area (Å²) in [6.45, 7) is 0.628. The third-order valence-corrected chi connectivity index (χ3v) is 3.59. The molecule has 1 amide bonds. The number of aromatic nitrogens is 3. The van der Waals surface area contributed by atoms with Crippen molar-refractivity contribution in [1.29, 1.82) is 0 Å². The SMILES string of the molecule is O=C(Nc1cnn(Cc2ccccc2)c1)c1cc(-c2ccco2)on1. The van der Waals surface area contributed by atoms with E-state index >= 15 is 0 Å². The van der Waals surface area contributed by atoms with Crippen LogP contribution in [0.3, 0.4) is 0 Å². The molecular weight excluding hydrogens is 320 g/mol. The number of benzene rings is 1. The fourth-order valence-corrected chi connectivity index (χ4v) is 2.40. The van der Waals surface area contributed by atoms with Crippen LogP contribution in [0.1, 0.15) is 16.1 Å². The summed E-state index contributed by atoms with van der Waals surface area (Å²) in [5, 5.41) is 10.8. The van der Waals surface area contributed by atoms with Crippen LogP contribution in [0.5, 0.6) is 0 Å². The molecule has 124 valence electrons. The van der Waals surface area contributed by atoms with Gasteiger partial charge in [-0.15, -0.1) is 0 Å². The molecule has 7 heteroatoms. The smallest absolute Gasteiger partial charge is 0.277 e. The molecule has 7 nitrogen and oxygen atoms in total. The summed E-state index contributed by atoms with van der Waals surface area (Å²) in [6, 6.07) is 15.0. The van der Waals surface area contributed by atoms with Crippen molar-refractivity contribution in [2.75, 3.05) is 5.32 Å². The highest BCUT2D eigenvalue weighted by Gasteiger charge is 2.15. The molecule has 0 fully saturated rings. The molecule has 0 saturated heterocycles. The highest BCUT2D eigenvalue weighted by molar-refractivity contribution is 6.03. The number of carbonyl (C=O) groups is 1. The number of hydrogen-bond donors (Lipinski definition) is 1. The monoisotopic (exact) mass is 334 g/mol. The molecule has 0 atom stereocenters. The van der Waals surface area contributed by atoms with Crippen LogP contribution in [0.15, 0.2) is 76.1 Å². The topological polar surface area (TPSA) is 86.1 Å². The van der Waals surface area contributed by atoms with Crippen molar-refractivity contribution in [2.24, 2.45) is 0 Å². The largest absolute Gasteiger partial charge is 0.461 e. The second-order valence-corrected chi connectivity index (χ2v) is 5.42. The van der Waals surface area contributed by atoms with Gasteiger partial charge in [0.25, 0.3) is 5.91 Å². The zero-order valence-electron chi connectivity index (χ0n) is 13.1. The highest BCUT2D eigenvalue weighted by Crippen LogP contribution is 2.21. The van der Waals surface area contributed by atoms with E-state index in [2.05, 4.69) is 15.6 Å². The lowest BCUT2D eigenvalue weighted by Gasteiger charge is -2.01. The number of amides is 1. The molecule has 0 bridgehead atoms. The Hall–Kier alpha value is -3.61. The summed E-state index contributed by atoms with van der Waals surface area (Å²) in [6.07, 6.45) is 4.88. The van der Waals surface area contributed by atoms with Crippen molar-refractivity contribution >= 4 is 11.6 Å². The maximum Gasteiger partial charge on any atom is 0.277 e. The van der Waals surface area contributed by atoms with Crippen molar-refractivity contribution in [3.8, 4) is 11.5 Å². The number of anilines is 1. The van der Waals surface area contributed by atoms with Gasteiger partial charge in [0.2, 0.25) is 5.76 Å². The van der Waals surface area contributed by atoms with Gasteiger partial charge in [-0.05, 0) is 17.7 Å². The Morgan fingerprint density at radius 2 is 2.00 bits per heavy atom. The first-order valence-corrected chi connectivity index (χ1v) is 7.66. The van der Waals surface area contributed by atoms with E-state index in [1.807, 2.05) is 30.3 Å². The van der Waals surface area contributed by atoms with E-state index in [4.69, 9.17) is 8.94 Å². The molecule has 4 rings (SSSR count). The summed E-state index contributed by atoms with van der Waals surface area (Å²) in [4.78, 5) is 12.3. The molecule has 0 spiro atoms. The van der Waals surface area contributed by atoms with Gasteiger partial charge in [-0.3, -0.25) is 9.48 Å². The predicted molar refractivity (Wildman–Crippen MR) is 89.9 cm³/mol. The average Bonchev–Trinajstić information content (AvgIpc) is 3.37. The van der Waals surface area contributed by atoms with E-state index in [-0.39, 0.29) is 11.6 Å². The van der Waals surface area contributed by atoms with Crippen molar-refractivity contribution in [3.05, 3.63) is 78.4 Å². The van der Waals surface area contributed by atoms with Gasteiger partial charge < -0.3 is 14.3 Å². The van der Waals surface area contributed by atoms with Crippen LogP contribution in [0, 0.1) is 0 Å². The Bertz CT molecular complexity index is 971. The molecule has 0 aliphatic rings. The second kappa shape index (κ2) is 6.48. The third kappa shape index (κ3) is 3.35. The minimum absolute atomic E-state index is 0.169. The fraction of sp³-hybridized carbons (Fsp3) is 0.0556. The summed E-state index contributed by atoms with van der Waals surface area (Å²) < 4.78 is 12.1. The normalized spacial score (nSPS) is 10.7. The lowest BCUT2D eigenvalue weighted by Crippen LogP contribution is -2.11. The van der Waals surface area contributed by atoms with Gasteiger partial charge in [-0.2, -0.15) is 5.10 Å². The van der Waals surface area contributed by atoms with E-state index < -0.39 is 0 Å². The molecule has 1 N–H and O–H groups in total. The molecule has 25 heavy (non-hydrogen) atoms. The van der Waals surface area contributed by atoms with Crippen LogP contribution in [0.4, 0.5) is 5.69 Å². The van der Waals surface area contributed by atoms with Crippen LogP contribution < -0.4 is 5.32 Å². The molecule has 0 unspecified atom stereocenters. The van der Waals surface area contributed by atoms with Crippen LogP contribution >= 0.6 is 0 Å². The average molecular weight is 334 g/mol. The number of furan rings is 1. The summed E-state index contributed by atoms with van der Waals surface area (Å²) in [7, 11) is 0. The Balaban J connectivity index is 1.43. The number of nitrogens with zero attached hydrogens (tertiary/aromatic N) is 3. The first kappa shape index (κ1) is 14.9. The van der Waals surface area contributed by atoms with Crippen molar-refractivity contribution in [2.45, 2.75) is 6.54 Å². The van der Waals surface area contributed by atoms with Crippen molar-refractivity contribution in [3.63, 3.8) is 0 Å². The van der Waals surface area contributed by atoms with E-state index in [0.717, 1.165) is 5.56 Å². The number of nitrogens with one attached hydrogen (secondary N) is 1. The number of hydrogen-bond acceptors (Lipinski definition) is 5. The van der Waals surface area contributed by atoms with Gasteiger partial charge in [-0.1, -0.05) is 35.5 Å². The van der Waals surface area contributed by atoms with E-state index in [0.29, 0.717) is 23.8 Å². The Morgan fingerprint density at radius 3 is 2.80 bits per heavy atom. The molecule has 3 aromatic heterocycles. The second-order valence-electron chi connectivity index (χ2n) is 5.42. The molecular formula is C18H14N4O3. The lowest BCUT2D eigenvalue weighted by atomic mass is 10.2. The van der Waals surface area contributed by atoms with Gasteiger partial charge in [0, 0.05) is 12.3 Å². The minimum atomic E-state index is -0.374. The van der Waals surface area contributed by atoms with Crippen molar-refractivity contribution in [1.82, 2.24) is 14.9 Å². The number of carbonyl (C=O) groups excluding carboxylic acids is 1. The summed E-state index contributed by atoms with van der Waals surface area (Å²) in [5.74, 6) is 0.540. The van der Waals surface area contributed by atoms with Crippen LogP contribution in [0.2, 0.25) is 0 Å². The molecule has 0 aliphatic carbocycles. The summed E-state index contributed by atoms with van der Waals surface area (Å²) in [5.41, 5.74) is 1.88. The quantitative estimate of drug-likeness (QED) is 0.604. The standard InChI is InChI=1S/C18H14N4O3/c23-18(15-9-17(25-21-15)16-7-4-8-24-16)20-14-10-19-22(12-14)11-13-5-2-1-3-6-13/h1-10,12H,11H2,(H,20,23). The van der Waals surface area contributed by atoms with Crippen LogP contribution in [0.25, 0.3) is 11.5 Å². The van der Waals surface area contributed by atoms with Gasteiger partial charge in [-0.25, -0.2) is 0 Å². The Kier molecular flexibility index (Phi) is 3.88. The molecule has 0 aliphatic heterocycles. The van der Waals surface area contributed by atoms with Crippen LogP contribution in [-0.4, -0.2) is 20.8 Å². The van der Waals surface area contributed by atoms with Gasteiger partial charge in [0.1, 0.15) is 0 Å². The van der Waals surface area contributed by atoms with Gasteiger partial charge >= 0.3 is 0 Å². The van der Waals surface area contributed by atoms with E-state index in [9.17, 15) is 4.79 Å². The molecule has 1 aromatic carbocycles. The Labute approximate surface area is 142 Å². The van der Waals surface area contributed by atoms with E-state index in [1.54, 1.807) is 29.2 Å². The highest BCUT2D eigenvalue weighted by atomic mass is 16.5. The maximum atomic E-state index is 12.3. The zero-order chi connectivity index (χ0) is 17.1. The van der Waals surface area contributed by atoms with Crippen LogP contribution in [-0.2, 0) is 6.54 Å². The summed E-state index contributed by atoms with van der Waals surface area (Å²) >= 11 is 0.